The predicted octanol–water partition coefficient (Wildman–Crippen LogP) is 13.5. The Bertz CT molecular complexity index is 3160. The number of hydrogen-bond donors (Lipinski definition) is 2. The Morgan fingerprint density at radius 2 is 0.771 bits per heavy atom. The standard InChI is InChI=1S/C60H48N2O8/c1-37(2)57(63)61-47-23-17-43(18-24-47)59(65)69-53-33-21-45-35-41(9-7-39-11-27-49(67-5)28-12-39)15-31-51(45)55(53)56-52-32-16-42(10-8-40-13-29-50(68-6)30-14-40)36-46(52)22-34-54(56)70-60(66)44-19-25-48(26-20-44)62-58(64)38(3)4/h7-36H,1,3H2,2,4-6H3,(H,61,63)(H,62,64)/b9-7-,10-8-. The van der Waals surface area contributed by atoms with E-state index in [0.29, 0.717) is 33.6 Å². The molecule has 0 aliphatic rings. The van der Waals surface area contributed by atoms with Gasteiger partial charge in [-0.05, 0) is 155 Å². The van der Waals surface area contributed by atoms with E-state index >= 15 is 0 Å². The topological polar surface area (TPSA) is 129 Å². The summed E-state index contributed by atoms with van der Waals surface area (Å²) in [7, 11) is 3.26. The highest BCUT2D eigenvalue weighted by molar-refractivity contribution is 6.12. The van der Waals surface area contributed by atoms with Crippen LogP contribution in [0, 0.1) is 0 Å². The number of carbonyl (C=O) groups excluding carboxylic acids is 4. The maximum absolute atomic E-state index is 14.1. The van der Waals surface area contributed by atoms with E-state index in [1.54, 1.807) is 88.7 Å². The first-order chi connectivity index (χ1) is 33.8. The summed E-state index contributed by atoms with van der Waals surface area (Å²) in [6, 6.07) is 47.4. The highest BCUT2D eigenvalue weighted by Crippen LogP contribution is 2.46. The van der Waals surface area contributed by atoms with Gasteiger partial charge in [0.15, 0.2) is 0 Å². The highest BCUT2D eigenvalue weighted by Gasteiger charge is 2.24. The zero-order chi connectivity index (χ0) is 49.3. The number of carbonyl (C=O) groups is 4. The molecule has 70 heavy (non-hydrogen) atoms. The minimum atomic E-state index is -0.652. The summed E-state index contributed by atoms with van der Waals surface area (Å²) in [5.74, 6) is -0.0369. The van der Waals surface area contributed by atoms with Gasteiger partial charge in [0.05, 0.1) is 25.3 Å². The Kier molecular flexibility index (Phi) is 14.3. The van der Waals surface area contributed by atoms with E-state index in [1.807, 2.05) is 121 Å². The molecule has 0 fully saturated rings. The summed E-state index contributed by atoms with van der Waals surface area (Å²) >= 11 is 0. The van der Waals surface area contributed by atoms with Crippen molar-refractivity contribution in [3.8, 4) is 34.1 Å². The summed E-state index contributed by atoms with van der Waals surface area (Å²) < 4.78 is 23.3. The van der Waals surface area contributed by atoms with E-state index in [-0.39, 0.29) is 34.4 Å². The second-order valence-electron chi connectivity index (χ2n) is 16.5. The van der Waals surface area contributed by atoms with Gasteiger partial charge in [-0.15, -0.1) is 0 Å². The van der Waals surface area contributed by atoms with E-state index in [0.717, 1.165) is 55.3 Å². The fraction of sp³-hybridized carbons (Fsp3) is 0.0667. The molecule has 0 aliphatic heterocycles. The number of methoxy groups -OCH3 is 2. The molecule has 2 N–H and O–H groups in total. The predicted molar refractivity (Wildman–Crippen MR) is 280 cm³/mol. The van der Waals surface area contributed by atoms with Crippen molar-refractivity contribution in [3.05, 3.63) is 215 Å². The first kappa shape index (κ1) is 47.2. The molecule has 0 spiro atoms. The lowest BCUT2D eigenvalue weighted by atomic mass is 9.91. The summed E-state index contributed by atoms with van der Waals surface area (Å²) in [6.07, 6.45) is 8.05. The molecule has 0 aromatic heterocycles. The zero-order valence-corrected chi connectivity index (χ0v) is 39.0. The fourth-order valence-electron chi connectivity index (χ4n) is 7.54. The maximum atomic E-state index is 14.1. The van der Waals surface area contributed by atoms with Crippen molar-refractivity contribution in [2.45, 2.75) is 13.8 Å². The van der Waals surface area contributed by atoms with Crippen molar-refractivity contribution >= 4 is 81.0 Å². The van der Waals surface area contributed by atoms with Gasteiger partial charge in [-0.25, -0.2) is 9.59 Å². The number of hydrogen-bond acceptors (Lipinski definition) is 8. The molecule has 0 atom stereocenters. The molecule has 8 aromatic rings. The van der Waals surface area contributed by atoms with Crippen molar-refractivity contribution in [1.82, 2.24) is 0 Å². The Hall–Kier alpha value is -9.28. The molecule has 10 heteroatoms. The molecule has 0 bridgehead atoms. The van der Waals surface area contributed by atoms with Crippen LogP contribution in [-0.2, 0) is 9.59 Å². The second kappa shape index (κ2) is 21.1. The summed E-state index contributed by atoms with van der Waals surface area (Å²) in [5.41, 5.74) is 6.95. The van der Waals surface area contributed by atoms with Gasteiger partial charge in [0.2, 0.25) is 0 Å². The molecule has 2 amide bonds. The molecular weight excluding hydrogens is 877 g/mol. The number of nitrogens with one attached hydrogen (secondary N) is 2. The van der Waals surface area contributed by atoms with E-state index in [9.17, 15) is 19.2 Å². The van der Waals surface area contributed by atoms with Crippen molar-refractivity contribution in [1.29, 1.82) is 0 Å². The number of fused-ring (bicyclic) bond motifs is 2. The number of esters is 2. The molecule has 0 saturated heterocycles. The van der Waals surface area contributed by atoms with Crippen LogP contribution in [0.2, 0.25) is 0 Å². The molecule has 0 radical (unpaired) electrons. The van der Waals surface area contributed by atoms with Gasteiger partial charge in [0.1, 0.15) is 23.0 Å². The third-order valence-corrected chi connectivity index (χ3v) is 11.4. The Morgan fingerprint density at radius 1 is 0.429 bits per heavy atom. The molecular formula is C60H48N2O8. The van der Waals surface area contributed by atoms with Crippen LogP contribution in [0.3, 0.4) is 0 Å². The van der Waals surface area contributed by atoms with E-state index in [4.69, 9.17) is 18.9 Å². The third-order valence-electron chi connectivity index (χ3n) is 11.4. The lowest BCUT2D eigenvalue weighted by Crippen LogP contribution is -2.13. The van der Waals surface area contributed by atoms with Gasteiger partial charge in [0, 0.05) is 33.6 Å². The summed E-state index contributed by atoms with van der Waals surface area (Å²) in [5, 5.41) is 8.59. The van der Waals surface area contributed by atoms with Crippen LogP contribution >= 0.6 is 0 Å². The van der Waals surface area contributed by atoms with Crippen molar-refractivity contribution in [2.24, 2.45) is 0 Å². The van der Waals surface area contributed by atoms with Crippen molar-refractivity contribution < 1.29 is 38.1 Å². The monoisotopic (exact) mass is 924 g/mol. The minimum Gasteiger partial charge on any atom is -0.497 e. The molecule has 8 rings (SSSR count). The highest BCUT2D eigenvalue weighted by atomic mass is 16.5. The molecule has 0 unspecified atom stereocenters. The smallest absolute Gasteiger partial charge is 0.343 e. The quantitative estimate of drug-likeness (QED) is 0.0450. The lowest BCUT2D eigenvalue weighted by Gasteiger charge is -2.19. The van der Waals surface area contributed by atoms with Gasteiger partial charge < -0.3 is 29.6 Å². The number of anilines is 2. The van der Waals surface area contributed by atoms with Crippen molar-refractivity contribution in [3.63, 3.8) is 0 Å². The van der Waals surface area contributed by atoms with Crippen LogP contribution in [0.25, 0.3) is 57.0 Å². The van der Waals surface area contributed by atoms with Crippen LogP contribution in [0.4, 0.5) is 11.4 Å². The normalized spacial score (nSPS) is 11.1. The van der Waals surface area contributed by atoms with Crippen LogP contribution in [-0.4, -0.2) is 38.0 Å². The molecule has 0 heterocycles. The van der Waals surface area contributed by atoms with Crippen LogP contribution in [0.15, 0.2) is 182 Å². The molecule has 0 aliphatic carbocycles. The van der Waals surface area contributed by atoms with Gasteiger partial charge in [0.25, 0.3) is 11.8 Å². The number of amides is 2. The van der Waals surface area contributed by atoms with Crippen LogP contribution < -0.4 is 29.6 Å². The van der Waals surface area contributed by atoms with E-state index in [2.05, 4.69) is 23.8 Å². The van der Waals surface area contributed by atoms with E-state index < -0.39 is 11.9 Å². The Balaban J connectivity index is 1.26. The van der Waals surface area contributed by atoms with Gasteiger partial charge in [-0.3, -0.25) is 9.59 Å². The average Bonchev–Trinajstić information content (AvgIpc) is 3.38. The Morgan fingerprint density at radius 3 is 1.11 bits per heavy atom. The van der Waals surface area contributed by atoms with E-state index in [1.165, 1.54) is 0 Å². The van der Waals surface area contributed by atoms with Gasteiger partial charge >= 0.3 is 11.9 Å². The molecule has 346 valence electrons. The molecule has 0 saturated carbocycles. The summed E-state index contributed by atoms with van der Waals surface area (Å²) in [4.78, 5) is 52.9. The number of ether oxygens (including phenoxy) is 4. The second-order valence-corrected chi connectivity index (χ2v) is 16.5. The molecule has 10 nitrogen and oxygen atoms in total. The van der Waals surface area contributed by atoms with Gasteiger partial charge in [-0.2, -0.15) is 0 Å². The van der Waals surface area contributed by atoms with Crippen LogP contribution in [0.5, 0.6) is 23.0 Å². The Labute approximate surface area is 405 Å². The minimum absolute atomic E-state index is 0.213. The third kappa shape index (κ3) is 11.1. The van der Waals surface area contributed by atoms with Gasteiger partial charge in [-0.1, -0.05) is 98.1 Å². The first-order valence-corrected chi connectivity index (χ1v) is 22.2. The first-order valence-electron chi connectivity index (χ1n) is 22.2. The molecule has 8 aromatic carbocycles. The zero-order valence-electron chi connectivity index (χ0n) is 39.0. The largest absolute Gasteiger partial charge is 0.497 e. The maximum Gasteiger partial charge on any atom is 0.343 e. The van der Waals surface area contributed by atoms with Crippen LogP contribution in [0.1, 0.15) is 56.8 Å². The van der Waals surface area contributed by atoms with Crippen molar-refractivity contribution in [2.75, 3.05) is 24.9 Å². The SMILES string of the molecule is C=C(C)C(=O)Nc1ccc(C(=O)Oc2ccc3cc(/C=C\c4ccc(OC)cc4)ccc3c2-c2c(OC(=O)c3ccc(NC(=O)C(=C)C)cc3)ccc3cc(/C=C\c4ccc(OC)cc4)ccc23)cc1. The number of benzene rings is 8. The fourth-order valence-corrected chi connectivity index (χ4v) is 7.54. The average molecular weight is 925 g/mol. The summed E-state index contributed by atoms with van der Waals surface area (Å²) in [6.45, 7) is 10.6. The number of rotatable bonds is 15. The lowest BCUT2D eigenvalue weighted by molar-refractivity contribution is -0.113.